The number of rotatable bonds is 4. The molecule has 3 aromatic rings. The normalized spacial score (nSPS) is 14.9. The molecule has 1 atom stereocenters. The van der Waals surface area contributed by atoms with Gasteiger partial charge in [-0.25, -0.2) is 0 Å². The third kappa shape index (κ3) is 3.27. The van der Waals surface area contributed by atoms with E-state index in [4.69, 9.17) is 0 Å². The fourth-order valence-corrected chi connectivity index (χ4v) is 4.76. The molecule has 0 fully saturated rings. The lowest BCUT2D eigenvalue weighted by Crippen LogP contribution is -2.26. The molecule has 27 heavy (non-hydrogen) atoms. The van der Waals surface area contributed by atoms with Crippen LogP contribution in [-0.2, 0) is 12.8 Å². The number of aryl methyl sites for hydroxylation is 1. The largest absolute Gasteiger partial charge is 0.493 e. The van der Waals surface area contributed by atoms with Crippen LogP contribution in [0.25, 0.3) is 10.9 Å². The zero-order valence-electron chi connectivity index (χ0n) is 15.1. The number of aromatic nitrogens is 3. The number of nitrogens with zero attached hydrogens (tertiary/aromatic N) is 2. The highest BCUT2D eigenvalue weighted by molar-refractivity contribution is 8.00. The molecule has 0 spiro atoms. The number of thioether (sulfide) groups is 1. The van der Waals surface area contributed by atoms with E-state index in [1.807, 2.05) is 29.7 Å². The van der Waals surface area contributed by atoms with E-state index in [0.717, 1.165) is 48.3 Å². The van der Waals surface area contributed by atoms with E-state index in [0.29, 0.717) is 6.42 Å². The van der Waals surface area contributed by atoms with Crippen molar-refractivity contribution >= 4 is 28.6 Å². The average Bonchev–Trinajstić information content (AvgIpc) is 2.99. The Hall–Kier alpha value is -2.54. The molecule has 6 nitrogen and oxygen atoms in total. The molecule has 2 aromatic heterocycles. The molecule has 0 bridgehead atoms. The highest BCUT2D eigenvalue weighted by atomic mass is 32.2. The molecule has 0 saturated heterocycles. The monoisotopic (exact) mass is 383 g/mol. The van der Waals surface area contributed by atoms with Crippen LogP contribution >= 0.6 is 11.8 Å². The van der Waals surface area contributed by atoms with E-state index < -0.39 is 10.8 Å². The summed E-state index contributed by atoms with van der Waals surface area (Å²) in [4.78, 5) is 31.6. The zero-order chi connectivity index (χ0) is 19.0. The predicted octanol–water partition coefficient (Wildman–Crippen LogP) is 3.52. The summed E-state index contributed by atoms with van der Waals surface area (Å²) >= 11 is 1.19. The third-order valence-corrected chi connectivity index (χ3v) is 6.24. The summed E-state index contributed by atoms with van der Waals surface area (Å²) in [5.41, 5.74) is 2.92. The number of benzene rings is 1. The van der Waals surface area contributed by atoms with Crippen molar-refractivity contribution in [1.82, 2.24) is 14.5 Å². The Morgan fingerprint density at radius 1 is 1.33 bits per heavy atom. The first kappa shape index (κ1) is 17.9. The zero-order valence-corrected chi connectivity index (χ0v) is 15.9. The first-order chi connectivity index (χ1) is 13.1. The van der Waals surface area contributed by atoms with Crippen LogP contribution in [-0.4, -0.2) is 30.8 Å². The van der Waals surface area contributed by atoms with Gasteiger partial charge in [-0.1, -0.05) is 36.9 Å². The summed E-state index contributed by atoms with van der Waals surface area (Å²) in [6, 6.07) is 9.07. The Kier molecular flexibility index (Phi) is 4.78. The van der Waals surface area contributed by atoms with Crippen LogP contribution in [0.5, 0.6) is 5.88 Å². The molecular formula is C20H21N3O3S. The van der Waals surface area contributed by atoms with Gasteiger partial charge in [-0.05, 0) is 43.7 Å². The highest BCUT2D eigenvalue weighted by Crippen LogP contribution is 2.34. The quantitative estimate of drug-likeness (QED) is 0.532. The summed E-state index contributed by atoms with van der Waals surface area (Å²) in [7, 11) is 0. The Morgan fingerprint density at radius 3 is 2.89 bits per heavy atom. The van der Waals surface area contributed by atoms with Crippen LogP contribution in [0, 0.1) is 0 Å². The van der Waals surface area contributed by atoms with E-state index in [1.165, 1.54) is 17.3 Å². The number of hydrogen-bond acceptors (Lipinski definition) is 5. The van der Waals surface area contributed by atoms with Gasteiger partial charge < -0.3 is 10.1 Å². The SMILES string of the molecule is CCC(Sc1nc(O)cc(=O)[nH]1)C(=O)n1c2c(c3ccccc31)CCCC2. The van der Waals surface area contributed by atoms with Gasteiger partial charge in [0.05, 0.1) is 16.8 Å². The van der Waals surface area contributed by atoms with Crippen molar-refractivity contribution in [3.8, 4) is 5.88 Å². The Balaban J connectivity index is 1.76. The molecule has 1 aromatic carbocycles. The molecule has 0 saturated carbocycles. The van der Waals surface area contributed by atoms with Crippen LogP contribution < -0.4 is 5.56 Å². The summed E-state index contributed by atoms with van der Waals surface area (Å²) in [6.07, 6.45) is 4.72. The third-order valence-electron chi connectivity index (χ3n) is 5.01. The van der Waals surface area contributed by atoms with Gasteiger partial charge in [0.15, 0.2) is 5.16 Å². The second-order valence-electron chi connectivity index (χ2n) is 6.75. The maximum Gasteiger partial charge on any atom is 0.255 e. The summed E-state index contributed by atoms with van der Waals surface area (Å²) in [5, 5.41) is 10.6. The number of aromatic hydroxyl groups is 1. The summed E-state index contributed by atoms with van der Waals surface area (Å²) < 4.78 is 1.87. The molecule has 0 radical (unpaired) electrons. The minimum atomic E-state index is -0.434. The Labute approximate surface area is 160 Å². The molecule has 140 valence electrons. The van der Waals surface area contributed by atoms with Crippen molar-refractivity contribution in [2.75, 3.05) is 0 Å². The van der Waals surface area contributed by atoms with E-state index in [2.05, 4.69) is 16.0 Å². The van der Waals surface area contributed by atoms with Crippen molar-refractivity contribution in [2.45, 2.75) is 49.4 Å². The lowest BCUT2D eigenvalue weighted by atomic mass is 9.95. The standard InChI is InChI=1S/C20H21N3O3S/c1-2-16(27-20-21-17(24)11-18(25)22-20)19(26)23-14-9-5-3-7-12(14)13-8-4-6-10-15(13)23/h3,5,7,9,11,16H,2,4,6,8,10H2,1H3,(H2,21,22,24,25). The number of fused-ring (bicyclic) bond motifs is 3. The van der Waals surface area contributed by atoms with E-state index >= 15 is 0 Å². The van der Waals surface area contributed by atoms with Crippen molar-refractivity contribution in [2.24, 2.45) is 0 Å². The summed E-state index contributed by atoms with van der Waals surface area (Å²) in [6.45, 7) is 1.94. The van der Waals surface area contributed by atoms with Gasteiger partial charge >= 0.3 is 0 Å². The lowest BCUT2D eigenvalue weighted by Gasteiger charge is -2.19. The fraction of sp³-hybridized carbons (Fsp3) is 0.350. The number of para-hydroxylation sites is 1. The predicted molar refractivity (Wildman–Crippen MR) is 106 cm³/mol. The van der Waals surface area contributed by atoms with Crippen molar-refractivity contribution in [3.63, 3.8) is 0 Å². The number of nitrogens with one attached hydrogen (secondary N) is 1. The smallest absolute Gasteiger partial charge is 0.255 e. The van der Waals surface area contributed by atoms with Gasteiger partial charge in [-0.3, -0.25) is 14.2 Å². The van der Waals surface area contributed by atoms with Crippen molar-refractivity contribution in [1.29, 1.82) is 0 Å². The molecule has 2 N–H and O–H groups in total. The van der Waals surface area contributed by atoms with Gasteiger partial charge in [-0.15, -0.1) is 0 Å². The van der Waals surface area contributed by atoms with Gasteiger partial charge in [0.1, 0.15) is 0 Å². The van der Waals surface area contributed by atoms with Crippen LogP contribution in [0.2, 0.25) is 0 Å². The van der Waals surface area contributed by atoms with Crippen molar-refractivity contribution in [3.05, 3.63) is 51.9 Å². The number of aromatic amines is 1. The Morgan fingerprint density at radius 2 is 2.11 bits per heavy atom. The summed E-state index contributed by atoms with van der Waals surface area (Å²) in [5.74, 6) is -0.347. The minimum Gasteiger partial charge on any atom is -0.493 e. The maximum absolute atomic E-state index is 13.5. The molecular weight excluding hydrogens is 362 g/mol. The first-order valence-electron chi connectivity index (χ1n) is 9.21. The molecule has 1 aliphatic carbocycles. The van der Waals surface area contributed by atoms with Crippen LogP contribution in [0.3, 0.4) is 0 Å². The molecule has 7 heteroatoms. The van der Waals surface area contributed by atoms with Crippen LogP contribution in [0.1, 0.15) is 42.2 Å². The molecule has 1 unspecified atom stereocenters. The number of carbonyl (C=O) groups is 1. The second-order valence-corrected chi connectivity index (χ2v) is 7.94. The van der Waals surface area contributed by atoms with E-state index in [9.17, 15) is 14.7 Å². The van der Waals surface area contributed by atoms with Gasteiger partial charge in [0.25, 0.3) is 5.56 Å². The number of H-pyrrole nitrogens is 1. The van der Waals surface area contributed by atoms with Gasteiger partial charge in [0.2, 0.25) is 11.8 Å². The van der Waals surface area contributed by atoms with Crippen LogP contribution in [0.15, 0.2) is 40.3 Å². The fourth-order valence-electron chi connectivity index (χ4n) is 3.81. The topological polar surface area (TPSA) is 88.0 Å². The van der Waals surface area contributed by atoms with Gasteiger partial charge in [-0.2, -0.15) is 4.98 Å². The van der Waals surface area contributed by atoms with E-state index in [1.54, 1.807) is 0 Å². The average molecular weight is 383 g/mol. The molecule has 0 aliphatic heterocycles. The molecule has 2 heterocycles. The Bertz CT molecular complexity index is 1070. The van der Waals surface area contributed by atoms with Crippen LogP contribution in [0.4, 0.5) is 0 Å². The van der Waals surface area contributed by atoms with E-state index in [-0.39, 0.29) is 16.9 Å². The molecule has 4 rings (SSSR count). The highest BCUT2D eigenvalue weighted by Gasteiger charge is 2.28. The van der Waals surface area contributed by atoms with Gasteiger partial charge in [0, 0.05) is 11.1 Å². The number of hydrogen-bond donors (Lipinski definition) is 2. The minimum absolute atomic E-state index is 0.00663. The van der Waals surface area contributed by atoms with Crippen molar-refractivity contribution < 1.29 is 9.90 Å². The molecule has 1 aliphatic rings. The maximum atomic E-state index is 13.5. The number of carbonyl (C=O) groups excluding carboxylic acids is 1. The second kappa shape index (κ2) is 7.23. The first-order valence-corrected chi connectivity index (χ1v) is 10.1. The molecule has 0 amide bonds. The lowest BCUT2D eigenvalue weighted by molar-refractivity contribution is 0.0910.